The Kier molecular flexibility index (Phi) is 3.66. The second-order valence-electron chi connectivity index (χ2n) is 4.82. The van der Waals surface area contributed by atoms with Crippen LogP contribution in [0.2, 0.25) is 0 Å². The fourth-order valence-electron chi connectivity index (χ4n) is 2.47. The van der Waals surface area contributed by atoms with Gasteiger partial charge in [0.15, 0.2) is 0 Å². The lowest BCUT2D eigenvalue weighted by molar-refractivity contribution is 0.0698. The molecule has 1 N–H and O–H groups in total. The summed E-state index contributed by atoms with van der Waals surface area (Å²) in [6, 6.07) is 18.6. The number of hydrogen-bond acceptors (Lipinski definition) is 2. The minimum Gasteiger partial charge on any atom is -0.497 e. The molecule has 0 aliphatic rings. The Morgan fingerprint density at radius 1 is 1.05 bits per heavy atom. The molecule has 4 heteroatoms. The normalized spacial score (nSPS) is 10.4. The van der Waals surface area contributed by atoms with Crippen LogP contribution in [0.15, 0.2) is 66.9 Å². The smallest absolute Gasteiger partial charge is 0.337 e. The minimum atomic E-state index is -0.944. The van der Waals surface area contributed by atoms with Crippen molar-refractivity contribution in [1.82, 2.24) is 4.57 Å². The molecule has 0 saturated heterocycles. The van der Waals surface area contributed by atoms with E-state index in [0.717, 1.165) is 17.0 Å². The van der Waals surface area contributed by atoms with E-state index in [-0.39, 0.29) is 5.56 Å². The maximum atomic E-state index is 11.5. The lowest BCUT2D eigenvalue weighted by Gasteiger charge is -2.12. The molecule has 4 nitrogen and oxygen atoms in total. The lowest BCUT2D eigenvalue weighted by Crippen LogP contribution is -2.02. The third-order valence-corrected chi connectivity index (χ3v) is 3.50. The zero-order chi connectivity index (χ0) is 15.5. The van der Waals surface area contributed by atoms with Crippen LogP contribution in [0.1, 0.15) is 10.4 Å². The van der Waals surface area contributed by atoms with E-state index in [1.54, 1.807) is 19.4 Å². The highest BCUT2D eigenvalue weighted by molar-refractivity contribution is 5.95. The number of nitrogens with zero attached hydrogens (tertiary/aromatic N) is 1. The van der Waals surface area contributed by atoms with Gasteiger partial charge >= 0.3 is 5.97 Å². The van der Waals surface area contributed by atoms with Crippen LogP contribution in [0.3, 0.4) is 0 Å². The van der Waals surface area contributed by atoms with E-state index in [9.17, 15) is 9.90 Å². The monoisotopic (exact) mass is 293 g/mol. The second kappa shape index (κ2) is 5.77. The van der Waals surface area contributed by atoms with Gasteiger partial charge in [0.05, 0.1) is 18.4 Å². The predicted octanol–water partition coefficient (Wildman–Crippen LogP) is 3.85. The van der Waals surface area contributed by atoms with Gasteiger partial charge in [0, 0.05) is 18.0 Å². The molecule has 0 radical (unpaired) electrons. The molecular formula is C18H15NO3. The summed E-state index contributed by atoms with van der Waals surface area (Å²) in [5, 5.41) is 9.45. The zero-order valence-corrected chi connectivity index (χ0v) is 12.1. The summed E-state index contributed by atoms with van der Waals surface area (Å²) in [6.45, 7) is 0. The number of carboxylic acid groups (broad SMARTS) is 1. The van der Waals surface area contributed by atoms with Crippen LogP contribution in [0.25, 0.3) is 16.9 Å². The minimum absolute atomic E-state index is 0.272. The molecule has 0 aliphatic heterocycles. The first-order chi connectivity index (χ1) is 10.7. The van der Waals surface area contributed by atoms with E-state index in [1.165, 1.54) is 0 Å². The molecule has 0 unspecified atom stereocenters. The van der Waals surface area contributed by atoms with Gasteiger partial charge in [-0.3, -0.25) is 0 Å². The number of methoxy groups -OCH3 is 1. The highest BCUT2D eigenvalue weighted by atomic mass is 16.5. The van der Waals surface area contributed by atoms with Crippen LogP contribution in [0.4, 0.5) is 0 Å². The van der Waals surface area contributed by atoms with E-state index in [0.29, 0.717) is 5.69 Å². The van der Waals surface area contributed by atoms with Gasteiger partial charge in [-0.15, -0.1) is 0 Å². The highest BCUT2D eigenvalue weighted by Crippen LogP contribution is 2.29. The fraction of sp³-hybridized carbons (Fsp3) is 0.0556. The van der Waals surface area contributed by atoms with Crippen molar-refractivity contribution in [3.63, 3.8) is 0 Å². The largest absolute Gasteiger partial charge is 0.497 e. The van der Waals surface area contributed by atoms with Crippen molar-refractivity contribution in [2.45, 2.75) is 0 Å². The first-order valence-electron chi connectivity index (χ1n) is 6.85. The van der Waals surface area contributed by atoms with Gasteiger partial charge in [0.2, 0.25) is 0 Å². The van der Waals surface area contributed by atoms with E-state index in [2.05, 4.69) is 0 Å². The maximum Gasteiger partial charge on any atom is 0.337 e. The first kappa shape index (κ1) is 13.9. The Bertz CT molecular complexity index is 806. The molecule has 0 fully saturated rings. The first-order valence-corrected chi connectivity index (χ1v) is 6.85. The Morgan fingerprint density at radius 3 is 2.50 bits per heavy atom. The number of carbonyl (C=O) groups is 1. The molecule has 0 amide bonds. The molecule has 0 aliphatic carbocycles. The standard InChI is InChI=1S/C18H15NO3/c1-22-15-9-5-8-14(12-15)19-11-10-16(18(20)21)17(19)13-6-3-2-4-7-13/h2-12H,1H3,(H,20,21). The summed E-state index contributed by atoms with van der Waals surface area (Å²) in [7, 11) is 1.61. The number of rotatable bonds is 4. The van der Waals surface area contributed by atoms with Crippen molar-refractivity contribution in [2.75, 3.05) is 7.11 Å². The summed E-state index contributed by atoms with van der Waals surface area (Å²) in [5.74, 6) is -0.220. The second-order valence-corrected chi connectivity index (χ2v) is 4.82. The number of hydrogen-bond donors (Lipinski definition) is 1. The zero-order valence-electron chi connectivity index (χ0n) is 12.1. The third kappa shape index (κ3) is 2.46. The van der Waals surface area contributed by atoms with E-state index in [4.69, 9.17) is 4.74 Å². The van der Waals surface area contributed by atoms with Crippen LogP contribution in [-0.4, -0.2) is 22.8 Å². The van der Waals surface area contributed by atoms with E-state index in [1.807, 2.05) is 59.2 Å². The average molecular weight is 293 g/mol. The lowest BCUT2D eigenvalue weighted by atomic mass is 10.1. The number of aromatic nitrogens is 1. The number of benzene rings is 2. The van der Waals surface area contributed by atoms with Crippen molar-refractivity contribution in [1.29, 1.82) is 0 Å². The molecule has 22 heavy (non-hydrogen) atoms. The van der Waals surface area contributed by atoms with Crippen LogP contribution in [0, 0.1) is 0 Å². The number of ether oxygens (including phenoxy) is 1. The van der Waals surface area contributed by atoms with Gasteiger partial charge < -0.3 is 14.4 Å². The molecule has 0 spiro atoms. The van der Waals surface area contributed by atoms with Crippen molar-refractivity contribution in [3.8, 4) is 22.7 Å². The number of aromatic carboxylic acids is 1. The van der Waals surface area contributed by atoms with E-state index < -0.39 is 5.97 Å². The van der Waals surface area contributed by atoms with Crippen LogP contribution < -0.4 is 4.74 Å². The van der Waals surface area contributed by atoms with Crippen LogP contribution in [-0.2, 0) is 0 Å². The summed E-state index contributed by atoms with van der Waals surface area (Å²) >= 11 is 0. The molecule has 3 rings (SSSR count). The van der Waals surface area contributed by atoms with Gasteiger partial charge in [0.25, 0.3) is 0 Å². The summed E-state index contributed by atoms with van der Waals surface area (Å²) < 4.78 is 7.11. The van der Waals surface area contributed by atoms with Crippen molar-refractivity contribution < 1.29 is 14.6 Å². The number of carboxylic acids is 1. The molecular weight excluding hydrogens is 278 g/mol. The molecule has 2 aromatic carbocycles. The molecule has 0 bridgehead atoms. The average Bonchev–Trinajstić information content (AvgIpc) is 3.01. The van der Waals surface area contributed by atoms with Gasteiger partial charge in [-0.25, -0.2) is 4.79 Å². The van der Waals surface area contributed by atoms with Gasteiger partial charge in [-0.2, -0.15) is 0 Å². The predicted molar refractivity (Wildman–Crippen MR) is 84.7 cm³/mol. The van der Waals surface area contributed by atoms with Gasteiger partial charge in [-0.05, 0) is 23.8 Å². The van der Waals surface area contributed by atoms with Gasteiger partial charge in [-0.1, -0.05) is 36.4 Å². The third-order valence-electron chi connectivity index (χ3n) is 3.50. The highest BCUT2D eigenvalue weighted by Gasteiger charge is 2.17. The quantitative estimate of drug-likeness (QED) is 0.795. The van der Waals surface area contributed by atoms with Crippen molar-refractivity contribution >= 4 is 5.97 Å². The molecule has 0 atom stereocenters. The molecule has 110 valence electrons. The summed E-state index contributed by atoms with van der Waals surface area (Å²) in [4.78, 5) is 11.5. The van der Waals surface area contributed by atoms with Crippen LogP contribution >= 0.6 is 0 Å². The Balaban J connectivity index is 2.22. The molecule has 0 saturated carbocycles. The van der Waals surface area contributed by atoms with Crippen molar-refractivity contribution in [3.05, 3.63) is 72.4 Å². The fourth-order valence-corrected chi connectivity index (χ4v) is 2.47. The Labute approximate surface area is 128 Å². The molecule has 1 aromatic heterocycles. The summed E-state index contributed by atoms with van der Waals surface area (Å²) in [6.07, 6.45) is 1.76. The Hall–Kier alpha value is -3.01. The maximum absolute atomic E-state index is 11.5. The van der Waals surface area contributed by atoms with Crippen molar-refractivity contribution in [2.24, 2.45) is 0 Å². The van der Waals surface area contributed by atoms with Crippen LogP contribution in [0.5, 0.6) is 5.75 Å². The van der Waals surface area contributed by atoms with Gasteiger partial charge in [0.1, 0.15) is 5.75 Å². The molecule has 3 aromatic rings. The SMILES string of the molecule is COc1cccc(-n2ccc(C(=O)O)c2-c2ccccc2)c1. The molecule has 1 heterocycles. The summed E-state index contributed by atoms with van der Waals surface area (Å²) in [5.41, 5.74) is 2.63. The Morgan fingerprint density at radius 2 is 1.82 bits per heavy atom. The topological polar surface area (TPSA) is 51.5 Å². The van der Waals surface area contributed by atoms with E-state index >= 15 is 0 Å².